The van der Waals surface area contributed by atoms with E-state index in [1.807, 2.05) is 30.3 Å². The Morgan fingerprint density at radius 2 is 1.69 bits per heavy atom. The number of benzene rings is 1. The second-order valence-electron chi connectivity index (χ2n) is 3.04. The molecule has 0 aliphatic heterocycles. The fourth-order valence-electron chi connectivity index (χ4n) is 0.908. The molecule has 0 unspecified atom stereocenters. The maximum absolute atomic E-state index is 10.6. The van der Waals surface area contributed by atoms with Crippen LogP contribution in [0.1, 0.15) is 17.3 Å². The van der Waals surface area contributed by atoms with E-state index in [0.717, 1.165) is 5.56 Å². The van der Waals surface area contributed by atoms with Gasteiger partial charge in [-0.3, -0.25) is 4.79 Å². The Kier molecular flexibility index (Phi) is 8.84. The monoisotopic (exact) mass is 218 g/mol. The largest absolute Gasteiger partial charge is 0.373 e. The van der Waals surface area contributed by atoms with Gasteiger partial charge in [0.05, 0.1) is 13.2 Å². The van der Waals surface area contributed by atoms with E-state index < -0.39 is 0 Å². The lowest BCUT2D eigenvalue weighted by atomic mass is 10.2. The molecule has 0 aliphatic carbocycles. The molecule has 0 aliphatic rings. The summed E-state index contributed by atoms with van der Waals surface area (Å²) in [6.07, 6.45) is 3.42. The van der Waals surface area contributed by atoms with Crippen molar-refractivity contribution in [3.8, 4) is 0 Å². The predicted octanol–water partition coefficient (Wildman–Crippen LogP) is 3.26. The number of rotatable bonds is 5. The fraction of sp³-hybridized carbons (Fsp3) is 0.214. The average molecular weight is 218 g/mol. The molecule has 2 nitrogen and oxygen atoms in total. The molecule has 86 valence electrons. The minimum Gasteiger partial charge on any atom is -0.373 e. The van der Waals surface area contributed by atoms with Crippen LogP contribution < -0.4 is 0 Å². The summed E-state index contributed by atoms with van der Waals surface area (Å²) in [7, 11) is 0. The van der Waals surface area contributed by atoms with Crippen LogP contribution in [-0.4, -0.2) is 19.0 Å². The molecular formula is C14H18O2. The van der Waals surface area contributed by atoms with Crippen molar-refractivity contribution in [1.82, 2.24) is 0 Å². The molecule has 0 N–H and O–H groups in total. The molecule has 0 amide bonds. The lowest BCUT2D eigenvalue weighted by Gasteiger charge is -1.89. The first-order valence-electron chi connectivity index (χ1n) is 5.08. The summed E-state index contributed by atoms with van der Waals surface area (Å²) in [6, 6.07) is 9.23. The normalized spacial score (nSPS) is 8.56. The second-order valence-corrected chi connectivity index (χ2v) is 3.04. The number of Topliss-reactive ketones (excluding diaryl/α,β-unsaturated/α-hetero) is 1. The van der Waals surface area contributed by atoms with Crippen molar-refractivity contribution in [2.24, 2.45) is 0 Å². The Bertz CT molecular complexity index is 307. The molecule has 16 heavy (non-hydrogen) atoms. The first kappa shape index (κ1) is 14.3. The average Bonchev–Trinajstić information content (AvgIpc) is 2.32. The zero-order valence-electron chi connectivity index (χ0n) is 9.69. The van der Waals surface area contributed by atoms with Gasteiger partial charge in [0.1, 0.15) is 0 Å². The van der Waals surface area contributed by atoms with Crippen LogP contribution in [0.25, 0.3) is 0 Å². The highest BCUT2D eigenvalue weighted by Crippen LogP contribution is 1.97. The Morgan fingerprint density at radius 3 is 2.00 bits per heavy atom. The van der Waals surface area contributed by atoms with E-state index in [4.69, 9.17) is 4.74 Å². The molecule has 0 radical (unpaired) electrons. The molecule has 0 aromatic heterocycles. The standard InChI is InChI=1S/C8H8O.C6H10O/c1-7(9)8-5-3-2-4-6-8;1-3-5-7-6-4-2/h2-6H,1H3;3-4H,1-2,5-6H2. The Hall–Kier alpha value is -1.67. The van der Waals surface area contributed by atoms with Crippen molar-refractivity contribution in [1.29, 1.82) is 0 Å². The molecular weight excluding hydrogens is 200 g/mol. The number of hydrogen-bond donors (Lipinski definition) is 0. The van der Waals surface area contributed by atoms with E-state index in [-0.39, 0.29) is 5.78 Å². The van der Waals surface area contributed by atoms with Gasteiger partial charge in [0.15, 0.2) is 5.78 Å². The smallest absolute Gasteiger partial charge is 0.159 e. The summed E-state index contributed by atoms with van der Waals surface area (Å²) < 4.78 is 4.90. The van der Waals surface area contributed by atoms with E-state index in [1.165, 1.54) is 0 Å². The third-order valence-corrected chi connectivity index (χ3v) is 1.65. The van der Waals surface area contributed by atoms with E-state index in [0.29, 0.717) is 13.2 Å². The molecule has 0 spiro atoms. The van der Waals surface area contributed by atoms with Crippen LogP contribution in [0.5, 0.6) is 0 Å². The molecule has 1 aromatic carbocycles. The molecule has 0 heterocycles. The third kappa shape index (κ3) is 7.71. The predicted molar refractivity (Wildman–Crippen MR) is 67.7 cm³/mol. The number of carbonyl (C=O) groups excluding carboxylic acids is 1. The lowest BCUT2D eigenvalue weighted by molar-refractivity contribution is 0.101. The summed E-state index contributed by atoms with van der Waals surface area (Å²) in [5.74, 6) is 0.121. The van der Waals surface area contributed by atoms with Crippen molar-refractivity contribution in [2.45, 2.75) is 6.92 Å². The quantitative estimate of drug-likeness (QED) is 0.431. The molecule has 0 saturated carbocycles. The van der Waals surface area contributed by atoms with E-state index >= 15 is 0 Å². The molecule has 1 rings (SSSR count). The van der Waals surface area contributed by atoms with Gasteiger partial charge in [0, 0.05) is 5.56 Å². The summed E-state index contributed by atoms with van der Waals surface area (Å²) >= 11 is 0. The maximum atomic E-state index is 10.6. The highest BCUT2D eigenvalue weighted by atomic mass is 16.5. The fourth-order valence-corrected chi connectivity index (χ4v) is 0.908. The van der Waals surface area contributed by atoms with E-state index in [9.17, 15) is 4.79 Å². The summed E-state index contributed by atoms with van der Waals surface area (Å²) in [6.45, 7) is 9.75. The number of ether oxygens (including phenoxy) is 1. The first-order chi connectivity index (χ1) is 7.72. The highest BCUT2D eigenvalue weighted by molar-refractivity contribution is 5.93. The molecule has 0 fully saturated rings. The van der Waals surface area contributed by atoms with Crippen LogP contribution in [-0.2, 0) is 4.74 Å². The Morgan fingerprint density at radius 1 is 1.19 bits per heavy atom. The van der Waals surface area contributed by atoms with Crippen molar-refractivity contribution >= 4 is 5.78 Å². The zero-order valence-corrected chi connectivity index (χ0v) is 9.69. The van der Waals surface area contributed by atoms with Crippen LogP contribution >= 0.6 is 0 Å². The summed E-state index contributed by atoms with van der Waals surface area (Å²) in [5, 5.41) is 0. The van der Waals surface area contributed by atoms with Crippen LogP contribution in [0.4, 0.5) is 0 Å². The van der Waals surface area contributed by atoms with Gasteiger partial charge in [-0.25, -0.2) is 0 Å². The summed E-state index contributed by atoms with van der Waals surface area (Å²) in [4.78, 5) is 10.6. The SMILES string of the molecule is C=CCOCC=C.CC(=O)c1ccccc1. The minimum atomic E-state index is 0.121. The molecule has 0 atom stereocenters. The topological polar surface area (TPSA) is 26.3 Å². The number of carbonyl (C=O) groups is 1. The highest BCUT2D eigenvalue weighted by Gasteiger charge is 1.92. The van der Waals surface area contributed by atoms with Crippen LogP contribution in [0, 0.1) is 0 Å². The Balaban J connectivity index is 0.000000293. The van der Waals surface area contributed by atoms with Crippen LogP contribution in [0.15, 0.2) is 55.6 Å². The first-order valence-corrected chi connectivity index (χ1v) is 5.08. The van der Waals surface area contributed by atoms with Gasteiger partial charge in [0.25, 0.3) is 0 Å². The van der Waals surface area contributed by atoms with E-state index in [2.05, 4.69) is 13.2 Å². The molecule has 1 aromatic rings. The zero-order chi connectivity index (χ0) is 12.2. The van der Waals surface area contributed by atoms with Gasteiger partial charge in [-0.15, -0.1) is 13.2 Å². The van der Waals surface area contributed by atoms with Crippen LogP contribution in [0.2, 0.25) is 0 Å². The molecule has 0 bridgehead atoms. The van der Waals surface area contributed by atoms with Crippen LogP contribution in [0.3, 0.4) is 0 Å². The molecule has 0 saturated heterocycles. The molecule has 2 heteroatoms. The number of ketones is 1. The second kappa shape index (κ2) is 9.87. The van der Waals surface area contributed by atoms with Gasteiger partial charge in [0.2, 0.25) is 0 Å². The van der Waals surface area contributed by atoms with Gasteiger partial charge in [-0.1, -0.05) is 42.5 Å². The number of hydrogen-bond acceptors (Lipinski definition) is 2. The van der Waals surface area contributed by atoms with Crippen molar-refractivity contribution in [2.75, 3.05) is 13.2 Å². The Labute approximate surface area is 97.3 Å². The van der Waals surface area contributed by atoms with Gasteiger partial charge >= 0.3 is 0 Å². The lowest BCUT2D eigenvalue weighted by Crippen LogP contribution is -1.88. The van der Waals surface area contributed by atoms with Gasteiger partial charge < -0.3 is 4.74 Å². The minimum absolute atomic E-state index is 0.121. The van der Waals surface area contributed by atoms with E-state index in [1.54, 1.807) is 19.1 Å². The van der Waals surface area contributed by atoms with Gasteiger partial charge in [-0.2, -0.15) is 0 Å². The summed E-state index contributed by atoms with van der Waals surface area (Å²) in [5.41, 5.74) is 0.775. The van der Waals surface area contributed by atoms with Crippen molar-refractivity contribution in [3.63, 3.8) is 0 Å². The van der Waals surface area contributed by atoms with Crippen molar-refractivity contribution in [3.05, 3.63) is 61.2 Å². The maximum Gasteiger partial charge on any atom is 0.159 e. The van der Waals surface area contributed by atoms with Crippen molar-refractivity contribution < 1.29 is 9.53 Å². The third-order valence-electron chi connectivity index (χ3n) is 1.65. The van der Waals surface area contributed by atoms with Gasteiger partial charge in [-0.05, 0) is 6.92 Å².